The predicted octanol–water partition coefficient (Wildman–Crippen LogP) is 5.37. The first-order valence-electron chi connectivity index (χ1n) is 7.76. The van der Waals surface area contributed by atoms with Gasteiger partial charge in [0.2, 0.25) is 11.0 Å². The van der Waals surface area contributed by atoms with Crippen molar-refractivity contribution in [1.29, 1.82) is 0 Å². The summed E-state index contributed by atoms with van der Waals surface area (Å²) in [6, 6.07) is 16.3. The number of aromatic nitrogens is 3. The second-order valence-corrected chi connectivity index (χ2v) is 7.45. The maximum absolute atomic E-state index is 13.7. The van der Waals surface area contributed by atoms with Gasteiger partial charge in [-0.15, -0.1) is 10.2 Å². The van der Waals surface area contributed by atoms with Gasteiger partial charge in [-0.3, -0.25) is 0 Å². The molecule has 4 aromatic rings. The minimum atomic E-state index is -0.329. The molecular weight excluding hydrogens is 371 g/mol. The summed E-state index contributed by atoms with van der Waals surface area (Å²) in [5.74, 6) is 1.57. The third kappa shape index (κ3) is 3.92. The Morgan fingerprint density at radius 3 is 2.69 bits per heavy atom. The molecule has 2 aromatic carbocycles. The minimum Gasteiger partial charge on any atom is -0.440 e. The molecular formula is C18H13FN4OS2. The van der Waals surface area contributed by atoms with Crippen molar-refractivity contribution in [3.05, 3.63) is 72.5 Å². The molecule has 0 atom stereocenters. The lowest BCUT2D eigenvalue weighted by Gasteiger charge is -2.01. The molecule has 0 aliphatic carbocycles. The number of hydrogen-bond acceptors (Lipinski definition) is 7. The third-order valence-corrected chi connectivity index (χ3v) is 5.41. The molecule has 0 bridgehead atoms. The molecule has 0 radical (unpaired) electrons. The molecule has 0 spiro atoms. The van der Waals surface area contributed by atoms with Crippen LogP contribution in [0.1, 0.15) is 5.89 Å². The maximum Gasteiger partial charge on any atom is 0.210 e. The fraction of sp³-hybridized carbons (Fsp3) is 0.0556. The number of oxazole rings is 1. The minimum absolute atomic E-state index is 0.329. The van der Waals surface area contributed by atoms with E-state index in [4.69, 9.17) is 4.42 Å². The van der Waals surface area contributed by atoms with Crippen LogP contribution in [0.2, 0.25) is 0 Å². The zero-order chi connectivity index (χ0) is 17.8. The van der Waals surface area contributed by atoms with Crippen molar-refractivity contribution in [1.82, 2.24) is 15.2 Å². The Morgan fingerprint density at radius 2 is 1.85 bits per heavy atom. The van der Waals surface area contributed by atoms with Gasteiger partial charge >= 0.3 is 0 Å². The van der Waals surface area contributed by atoms with Gasteiger partial charge in [0, 0.05) is 5.56 Å². The van der Waals surface area contributed by atoms with Crippen molar-refractivity contribution in [2.75, 3.05) is 5.32 Å². The van der Waals surface area contributed by atoms with E-state index in [1.54, 1.807) is 24.4 Å². The van der Waals surface area contributed by atoms with E-state index in [-0.39, 0.29) is 5.82 Å². The molecule has 8 heteroatoms. The molecule has 0 unspecified atom stereocenters. The highest BCUT2D eigenvalue weighted by Gasteiger charge is 2.10. The fourth-order valence-electron chi connectivity index (χ4n) is 2.23. The molecule has 0 saturated carbocycles. The van der Waals surface area contributed by atoms with Gasteiger partial charge in [-0.05, 0) is 12.1 Å². The van der Waals surface area contributed by atoms with Gasteiger partial charge in [0.15, 0.2) is 10.1 Å². The number of halogens is 1. The van der Waals surface area contributed by atoms with Gasteiger partial charge < -0.3 is 9.73 Å². The molecule has 0 fully saturated rings. The average Bonchev–Trinajstić information content (AvgIpc) is 3.32. The van der Waals surface area contributed by atoms with Crippen LogP contribution in [0.5, 0.6) is 0 Å². The molecule has 2 heterocycles. The SMILES string of the molecule is Fc1ccccc1Nc1nnc(SCc2ncc(-c3ccccc3)o2)s1. The summed E-state index contributed by atoms with van der Waals surface area (Å²) in [6.07, 6.45) is 1.72. The Morgan fingerprint density at radius 1 is 1.04 bits per heavy atom. The van der Waals surface area contributed by atoms with Gasteiger partial charge in [-0.1, -0.05) is 65.6 Å². The molecule has 0 aliphatic heterocycles. The van der Waals surface area contributed by atoms with Crippen LogP contribution in [0.4, 0.5) is 15.2 Å². The lowest BCUT2D eigenvalue weighted by atomic mass is 10.2. The summed E-state index contributed by atoms with van der Waals surface area (Å²) >= 11 is 2.82. The number of benzene rings is 2. The van der Waals surface area contributed by atoms with E-state index in [0.717, 1.165) is 15.7 Å². The summed E-state index contributed by atoms with van der Waals surface area (Å²) in [5.41, 5.74) is 1.36. The van der Waals surface area contributed by atoms with Gasteiger partial charge in [-0.25, -0.2) is 9.37 Å². The summed E-state index contributed by atoms with van der Waals surface area (Å²) in [6.45, 7) is 0. The van der Waals surface area contributed by atoms with Crippen LogP contribution in [0.15, 0.2) is 69.6 Å². The van der Waals surface area contributed by atoms with Crippen LogP contribution in [0.25, 0.3) is 11.3 Å². The Balaban J connectivity index is 1.38. The van der Waals surface area contributed by atoms with Gasteiger partial charge in [0.1, 0.15) is 5.82 Å². The van der Waals surface area contributed by atoms with Crippen molar-refractivity contribution < 1.29 is 8.81 Å². The third-order valence-electron chi connectivity index (χ3n) is 3.45. The average molecular weight is 384 g/mol. The van der Waals surface area contributed by atoms with Crippen LogP contribution in [-0.2, 0) is 5.75 Å². The highest BCUT2D eigenvalue weighted by molar-refractivity contribution is 8.00. The standard InChI is InChI=1S/C18H13FN4OS2/c19-13-8-4-5-9-14(13)21-17-22-23-18(26-17)25-11-16-20-10-15(24-16)12-6-2-1-3-7-12/h1-10H,11H2,(H,21,22). The molecule has 130 valence electrons. The number of nitrogens with zero attached hydrogens (tertiary/aromatic N) is 3. The second kappa shape index (κ2) is 7.67. The maximum atomic E-state index is 13.7. The van der Waals surface area contributed by atoms with Crippen molar-refractivity contribution in [2.45, 2.75) is 10.1 Å². The van der Waals surface area contributed by atoms with Crippen LogP contribution < -0.4 is 5.32 Å². The fourth-order valence-corrected chi connectivity index (χ4v) is 3.85. The van der Waals surface area contributed by atoms with Gasteiger partial charge in [-0.2, -0.15) is 0 Å². The highest BCUT2D eigenvalue weighted by Crippen LogP contribution is 2.31. The van der Waals surface area contributed by atoms with E-state index in [1.165, 1.54) is 29.2 Å². The predicted molar refractivity (Wildman–Crippen MR) is 101 cm³/mol. The Bertz CT molecular complexity index is 1000. The van der Waals surface area contributed by atoms with Crippen molar-refractivity contribution in [3.63, 3.8) is 0 Å². The van der Waals surface area contributed by atoms with E-state index in [9.17, 15) is 4.39 Å². The molecule has 26 heavy (non-hydrogen) atoms. The highest BCUT2D eigenvalue weighted by atomic mass is 32.2. The summed E-state index contributed by atoms with van der Waals surface area (Å²) in [5, 5.41) is 11.6. The van der Waals surface area contributed by atoms with Crippen molar-refractivity contribution in [3.8, 4) is 11.3 Å². The molecule has 0 saturated heterocycles. The molecule has 2 aromatic heterocycles. The van der Waals surface area contributed by atoms with E-state index < -0.39 is 0 Å². The molecule has 4 rings (SSSR count). The normalized spacial score (nSPS) is 10.8. The smallest absolute Gasteiger partial charge is 0.210 e. The summed E-state index contributed by atoms with van der Waals surface area (Å²) in [4.78, 5) is 4.30. The van der Waals surface area contributed by atoms with Crippen LogP contribution >= 0.6 is 23.1 Å². The zero-order valence-corrected chi connectivity index (χ0v) is 15.1. The molecule has 0 amide bonds. The first kappa shape index (κ1) is 16.7. The monoisotopic (exact) mass is 384 g/mol. The zero-order valence-electron chi connectivity index (χ0n) is 13.4. The quantitative estimate of drug-likeness (QED) is 0.451. The van der Waals surface area contributed by atoms with Crippen LogP contribution in [-0.4, -0.2) is 15.2 Å². The van der Waals surface area contributed by atoms with Crippen LogP contribution in [0.3, 0.4) is 0 Å². The summed E-state index contributed by atoms with van der Waals surface area (Å²) in [7, 11) is 0. The molecule has 1 N–H and O–H groups in total. The van der Waals surface area contributed by atoms with E-state index in [0.29, 0.717) is 22.5 Å². The van der Waals surface area contributed by atoms with E-state index >= 15 is 0 Å². The number of nitrogens with one attached hydrogen (secondary N) is 1. The van der Waals surface area contributed by atoms with Gasteiger partial charge in [0.25, 0.3) is 0 Å². The van der Waals surface area contributed by atoms with Gasteiger partial charge in [0.05, 0.1) is 17.6 Å². The molecule has 0 aliphatic rings. The lowest BCUT2D eigenvalue weighted by Crippen LogP contribution is -1.92. The number of hydrogen-bond donors (Lipinski definition) is 1. The second-order valence-electron chi connectivity index (χ2n) is 5.25. The van der Waals surface area contributed by atoms with E-state index in [2.05, 4.69) is 20.5 Å². The largest absolute Gasteiger partial charge is 0.440 e. The lowest BCUT2D eigenvalue weighted by molar-refractivity contribution is 0.530. The Labute approximate surface area is 157 Å². The first-order valence-corrected chi connectivity index (χ1v) is 9.56. The van der Waals surface area contributed by atoms with Crippen molar-refractivity contribution >= 4 is 33.9 Å². The number of anilines is 2. The first-order chi connectivity index (χ1) is 12.8. The van der Waals surface area contributed by atoms with Crippen molar-refractivity contribution in [2.24, 2.45) is 0 Å². The van der Waals surface area contributed by atoms with E-state index in [1.807, 2.05) is 30.3 Å². The molecule has 5 nitrogen and oxygen atoms in total. The van der Waals surface area contributed by atoms with Crippen LogP contribution in [0, 0.1) is 5.82 Å². The number of rotatable bonds is 6. The topological polar surface area (TPSA) is 63.8 Å². The Hall–Kier alpha value is -2.71. The number of thioether (sulfide) groups is 1. The Kier molecular flexibility index (Phi) is 4.94. The summed E-state index contributed by atoms with van der Waals surface area (Å²) < 4.78 is 20.2. The number of para-hydroxylation sites is 1.